The van der Waals surface area contributed by atoms with Crippen LogP contribution in [-0.4, -0.2) is 21.3 Å². The summed E-state index contributed by atoms with van der Waals surface area (Å²) in [7, 11) is 5.26. The van der Waals surface area contributed by atoms with E-state index in [1.807, 2.05) is 19.2 Å². The molecule has 0 aliphatic heterocycles. The van der Waals surface area contributed by atoms with Crippen molar-refractivity contribution in [2.75, 3.05) is 21.3 Å². The van der Waals surface area contributed by atoms with Crippen molar-refractivity contribution in [3.63, 3.8) is 0 Å². The van der Waals surface area contributed by atoms with E-state index in [9.17, 15) is 0 Å². The maximum absolute atomic E-state index is 5.37. The van der Waals surface area contributed by atoms with Crippen LogP contribution in [0.4, 0.5) is 0 Å². The zero-order valence-electron chi connectivity index (χ0n) is 10.8. The molecular weight excluding hydrogens is 246 g/mol. The van der Waals surface area contributed by atoms with Gasteiger partial charge in [-0.15, -0.1) is 11.3 Å². The molecule has 1 aromatic heterocycles. The van der Waals surface area contributed by atoms with Crippen molar-refractivity contribution in [2.24, 2.45) is 0 Å². The molecule has 18 heavy (non-hydrogen) atoms. The fourth-order valence-corrected chi connectivity index (χ4v) is 2.70. The summed E-state index contributed by atoms with van der Waals surface area (Å²) in [6.45, 7) is 0.799. The predicted molar refractivity (Wildman–Crippen MR) is 75.6 cm³/mol. The Hall–Kier alpha value is -1.52. The minimum Gasteiger partial charge on any atom is -0.493 e. The van der Waals surface area contributed by atoms with E-state index in [1.54, 1.807) is 25.6 Å². The number of methoxy groups -OCH3 is 2. The summed E-state index contributed by atoms with van der Waals surface area (Å²) >= 11 is 1.72. The zero-order valence-corrected chi connectivity index (χ0v) is 11.6. The Morgan fingerprint density at radius 3 is 2.44 bits per heavy atom. The molecule has 0 bridgehead atoms. The predicted octanol–water partition coefficient (Wildman–Crippen LogP) is 3.15. The number of nitrogens with one attached hydrogen (secondary N) is 1. The highest BCUT2D eigenvalue weighted by atomic mass is 32.1. The van der Waals surface area contributed by atoms with E-state index in [0.717, 1.165) is 18.0 Å². The number of hydrogen-bond acceptors (Lipinski definition) is 4. The van der Waals surface area contributed by atoms with E-state index in [1.165, 1.54) is 16.0 Å². The van der Waals surface area contributed by atoms with Gasteiger partial charge in [0.25, 0.3) is 0 Å². The van der Waals surface area contributed by atoms with Crippen molar-refractivity contribution >= 4 is 11.3 Å². The standard InChI is InChI=1S/C14H17NO2S/c1-15-9-10-7-12(16-2)13(17-3)8-11(10)14-5-4-6-18-14/h4-8,15H,9H2,1-3H3. The minimum atomic E-state index is 0.765. The normalized spacial score (nSPS) is 10.4. The number of thiophene rings is 1. The Bertz CT molecular complexity index is 509. The number of ether oxygens (including phenoxy) is 2. The zero-order chi connectivity index (χ0) is 13.0. The number of rotatable bonds is 5. The molecule has 2 aromatic rings. The van der Waals surface area contributed by atoms with Gasteiger partial charge in [0.1, 0.15) is 0 Å². The molecule has 1 aromatic carbocycles. The highest BCUT2D eigenvalue weighted by Gasteiger charge is 2.12. The van der Waals surface area contributed by atoms with E-state index >= 15 is 0 Å². The van der Waals surface area contributed by atoms with Gasteiger partial charge in [0.15, 0.2) is 11.5 Å². The summed E-state index contributed by atoms with van der Waals surface area (Å²) in [5, 5.41) is 5.26. The molecule has 0 aliphatic carbocycles. The van der Waals surface area contributed by atoms with Gasteiger partial charge < -0.3 is 14.8 Å². The van der Waals surface area contributed by atoms with Gasteiger partial charge in [-0.25, -0.2) is 0 Å². The molecule has 0 fully saturated rings. The van der Waals surface area contributed by atoms with Crippen LogP contribution in [-0.2, 0) is 6.54 Å². The highest BCUT2D eigenvalue weighted by Crippen LogP contribution is 2.37. The van der Waals surface area contributed by atoms with Crippen molar-refractivity contribution in [1.82, 2.24) is 5.32 Å². The van der Waals surface area contributed by atoms with Crippen LogP contribution in [0.25, 0.3) is 10.4 Å². The summed E-state index contributed by atoms with van der Waals surface area (Å²) in [5.41, 5.74) is 2.40. The third-order valence-corrected chi connectivity index (χ3v) is 3.67. The first-order valence-corrected chi connectivity index (χ1v) is 6.61. The van der Waals surface area contributed by atoms with E-state index in [2.05, 4.69) is 22.8 Å². The fourth-order valence-electron chi connectivity index (χ4n) is 1.92. The smallest absolute Gasteiger partial charge is 0.161 e. The van der Waals surface area contributed by atoms with Crippen molar-refractivity contribution in [3.05, 3.63) is 35.2 Å². The SMILES string of the molecule is CNCc1cc(OC)c(OC)cc1-c1cccs1. The quantitative estimate of drug-likeness (QED) is 0.899. The van der Waals surface area contributed by atoms with Crippen LogP contribution in [0.1, 0.15) is 5.56 Å². The Morgan fingerprint density at radius 2 is 1.89 bits per heavy atom. The van der Waals surface area contributed by atoms with Gasteiger partial charge in [0, 0.05) is 17.0 Å². The Balaban J connectivity index is 2.55. The average molecular weight is 263 g/mol. The molecule has 1 heterocycles. The monoisotopic (exact) mass is 263 g/mol. The van der Waals surface area contributed by atoms with Crippen molar-refractivity contribution in [1.29, 1.82) is 0 Å². The molecule has 0 saturated heterocycles. The summed E-state index contributed by atoms with van der Waals surface area (Å²) in [6.07, 6.45) is 0. The Morgan fingerprint density at radius 1 is 1.17 bits per heavy atom. The third-order valence-electron chi connectivity index (χ3n) is 2.76. The molecule has 3 nitrogen and oxygen atoms in total. The fraction of sp³-hybridized carbons (Fsp3) is 0.286. The lowest BCUT2D eigenvalue weighted by Crippen LogP contribution is -2.07. The van der Waals surface area contributed by atoms with Crippen LogP contribution >= 0.6 is 11.3 Å². The second kappa shape index (κ2) is 5.89. The Labute approximate surface area is 111 Å². The summed E-state index contributed by atoms with van der Waals surface area (Å²) in [6, 6.07) is 8.24. The molecule has 0 atom stereocenters. The van der Waals surface area contributed by atoms with Crippen molar-refractivity contribution in [2.45, 2.75) is 6.54 Å². The Kier molecular flexibility index (Phi) is 4.23. The molecule has 0 amide bonds. The van der Waals surface area contributed by atoms with Crippen LogP contribution in [0.15, 0.2) is 29.6 Å². The van der Waals surface area contributed by atoms with Gasteiger partial charge in [-0.05, 0) is 36.2 Å². The van der Waals surface area contributed by atoms with E-state index in [0.29, 0.717) is 0 Å². The van der Waals surface area contributed by atoms with Gasteiger partial charge in [-0.3, -0.25) is 0 Å². The molecule has 0 spiro atoms. The molecule has 96 valence electrons. The second-order valence-corrected chi connectivity index (χ2v) is 4.82. The molecule has 0 aliphatic rings. The first-order valence-electron chi connectivity index (χ1n) is 5.73. The first kappa shape index (κ1) is 12.9. The molecule has 0 radical (unpaired) electrons. The van der Waals surface area contributed by atoms with Crippen LogP contribution in [0.5, 0.6) is 11.5 Å². The molecular formula is C14H17NO2S. The average Bonchev–Trinajstić information content (AvgIpc) is 2.92. The van der Waals surface area contributed by atoms with Crippen LogP contribution in [0.2, 0.25) is 0 Å². The van der Waals surface area contributed by atoms with Gasteiger partial charge in [0.05, 0.1) is 14.2 Å². The molecule has 2 rings (SSSR count). The topological polar surface area (TPSA) is 30.5 Å². The lowest BCUT2D eigenvalue weighted by molar-refractivity contribution is 0.354. The summed E-state index contributed by atoms with van der Waals surface area (Å²) in [4.78, 5) is 1.24. The van der Waals surface area contributed by atoms with Gasteiger partial charge in [0.2, 0.25) is 0 Å². The van der Waals surface area contributed by atoms with E-state index in [4.69, 9.17) is 9.47 Å². The third kappa shape index (κ3) is 2.49. The summed E-state index contributed by atoms with van der Waals surface area (Å²) < 4.78 is 10.7. The largest absolute Gasteiger partial charge is 0.493 e. The van der Waals surface area contributed by atoms with E-state index < -0.39 is 0 Å². The maximum atomic E-state index is 5.37. The van der Waals surface area contributed by atoms with Crippen molar-refractivity contribution < 1.29 is 9.47 Å². The molecule has 0 unspecified atom stereocenters. The van der Waals surface area contributed by atoms with E-state index in [-0.39, 0.29) is 0 Å². The van der Waals surface area contributed by atoms with Gasteiger partial charge >= 0.3 is 0 Å². The lowest BCUT2D eigenvalue weighted by atomic mass is 10.0. The van der Waals surface area contributed by atoms with Crippen LogP contribution in [0.3, 0.4) is 0 Å². The number of benzene rings is 1. The second-order valence-electron chi connectivity index (χ2n) is 3.87. The first-order chi connectivity index (χ1) is 8.80. The van der Waals surface area contributed by atoms with Crippen LogP contribution in [0, 0.1) is 0 Å². The van der Waals surface area contributed by atoms with Crippen molar-refractivity contribution in [3.8, 4) is 21.9 Å². The molecule has 4 heteroatoms. The lowest BCUT2D eigenvalue weighted by Gasteiger charge is -2.14. The molecule has 1 N–H and O–H groups in total. The highest BCUT2D eigenvalue weighted by molar-refractivity contribution is 7.13. The summed E-state index contributed by atoms with van der Waals surface area (Å²) in [5.74, 6) is 1.53. The number of hydrogen-bond donors (Lipinski definition) is 1. The maximum Gasteiger partial charge on any atom is 0.161 e. The molecule has 0 saturated carbocycles. The minimum absolute atomic E-state index is 0.765. The van der Waals surface area contributed by atoms with Gasteiger partial charge in [-0.2, -0.15) is 0 Å². The van der Waals surface area contributed by atoms with Gasteiger partial charge in [-0.1, -0.05) is 6.07 Å². The van der Waals surface area contributed by atoms with Crippen LogP contribution < -0.4 is 14.8 Å².